The Bertz CT molecular complexity index is 817. The minimum atomic E-state index is 0.0272. The van der Waals surface area contributed by atoms with Gasteiger partial charge in [-0.1, -0.05) is 42.1 Å². The number of hydrogen-bond donors (Lipinski definition) is 0. The Morgan fingerprint density at radius 1 is 1.05 bits per heavy atom. The van der Waals surface area contributed by atoms with Crippen LogP contribution in [0.1, 0.15) is 22.0 Å². The molecular weight excluding hydrogens is 296 g/mol. The molecule has 2 aromatic heterocycles. The smallest absolute Gasteiger partial charge is 0.235 e. The summed E-state index contributed by atoms with van der Waals surface area (Å²) in [6.07, 6.45) is 3.81. The van der Waals surface area contributed by atoms with Crippen molar-refractivity contribution >= 4 is 17.7 Å². The van der Waals surface area contributed by atoms with Crippen molar-refractivity contribution in [2.45, 2.75) is 16.8 Å². The van der Waals surface area contributed by atoms with Gasteiger partial charge in [0.1, 0.15) is 0 Å². The maximum Gasteiger partial charge on any atom is 0.235 e. The highest BCUT2D eigenvalue weighted by Crippen LogP contribution is 2.42. The van der Waals surface area contributed by atoms with Gasteiger partial charge in [-0.2, -0.15) is 0 Å². The molecule has 3 heterocycles. The lowest BCUT2D eigenvalue weighted by atomic mass is 10.1. The number of fused-ring (bicyclic) bond motifs is 1. The van der Waals surface area contributed by atoms with E-state index in [1.165, 1.54) is 0 Å². The second-order valence-electron chi connectivity index (χ2n) is 4.99. The predicted octanol–water partition coefficient (Wildman–Crippen LogP) is 3.22. The average Bonchev–Trinajstić information content (AvgIpc) is 3.01. The number of carbonyl (C=O) groups is 1. The number of pyridine rings is 1. The summed E-state index contributed by atoms with van der Waals surface area (Å²) in [5, 5.41) is 9.13. The molecule has 0 fully saturated rings. The van der Waals surface area contributed by atoms with Gasteiger partial charge in [0.15, 0.2) is 11.0 Å². The van der Waals surface area contributed by atoms with Crippen molar-refractivity contribution in [3.63, 3.8) is 0 Å². The number of thioether (sulfide) groups is 1. The quantitative estimate of drug-likeness (QED) is 0.727. The molecule has 0 N–H and O–H groups in total. The summed E-state index contributed by atoms with van der Waals surface area (Å²) in [7, 11) is 0. The Balaban J connectivity index is 1.73. The van der Waals surface area contributed by atoms with Gasteiger partial charge >= 0.3 is 0 Å². The highest BCUT2D eigenvalue weighted by atomic mass is 32.2. The number of hydrogen-bond acceptors (Lipinski definition) is 5. The van der Waals surface area contributed by atoms with Crippen LogP contribution in [0.4, 0.5) is 0 Å². The summed E-state index contributed by atoms with van der Waals surface area (Å²) in [5.74, 6) is 0.612. The molecule has 0 saturated carbocycles. The minimum absolute atomic E-state index is 0.0272. The van der Waals surface area contributed by atoms with E-state index in [0.29, 0.717) is 17.4 Å². The van der Waals surface area contributed by atoms with E-state index in [1.807, 2.05) is 42.5 Å². The van der Waals surface area contributed by atoms with Crippen LogP contribution in [0.15, 0.2) is 60.0 Å². The van der Waals surface area contributed by atoms with Crippen molar-refractivity contribution < 1.29 is 4.79 Å². The number of aromatic nitrogens is 4. The van der Waals surface area contributed by atoms with Crippen molar-refractivity contribution in [2.24, 2.45) is 0 Å². The molecule has 1 aromatic carbocycles. The van der Waals surface area contributed by atoms with Crippen LogP contribution < -0.4 is 0 Å². The SMILES string of the molecule is O=C1CC(c2ccccc2)Sc2nnc(-c3ccncc3)n21. The molecule has 0 bridgehead atoms. The fraction of sp³-hybridized carbons (Fsp3) is 0.125. The molecule has 6 heteroatoms. The number of benzene rings is 1. The Morgan fingerprint density at radius 3 is 2.59 bits per heavy atom. The fourth-order valence-corrected chi connectivity index (χ4v) is 3.69. The molecule has 0 amide bonds. The Kier molecular flexibility index (Phi) is 3.23. The van der Waals surface area contributed by atoms with Gasteiger partial charge in [-0.05, 0) is 17.7 Å². The van der Waals surface area contributed by atoms with Gasteiger partial charge in [-0.15, -0.1) is 10.2 Å². The van der Waals surface area contributed by atoms with Crippen molar-refractivity contribution in [3.8, 4) is 11.4 Å². The Labute approximate surface area is 131 Å². The van der Waals surface area contributed by atoms with Crippen molar-refractivity contribution in [1.29, 1.82) is 0 Å². The second kappa shape index (κ2) is 5.38. The minimum Gasteiger partial charge on any atom is -0.274 e. The second-order valence-corrected chi connectivity index (χ2v) is 6.16. The zero-order valence-electron chi connectivity index (χ0n) is 11.6. The third-order valence-electron chi connectivity index (χ3n) is 3.60. The molecule has 108 valence electrons. The third-order valence-corrected chi connectivity index (χ3v) is 4.80. The summed E-state index contributed by atoms with van der Waals surface area (Å²) >= 11 is 1.58. The standard InChI is InChI=1S/C16H12N4OS/c21-14-10-13(11-4-2-1-3-5-11)22-16-19-18-15(20(14)16)12-6-8-17-9-7-12/h1-9,13H,10H2. The molecule has 1 aliphatic heterocycles. The summed E-state index contributed by atoms with van der Waals surface area (Å²) < 4.78 is 1.61. The first-order chi connectivity index (χ1) is 10.8. The highest BCUT2D eigenvalue weighted by Gasteiger charge is 2.31. The third kappa shape index (κ3) is 2.21. The topological polar surface area (TPSA) is 60.7 Å². The molecule has 1 unspecified atom stereocenters. The largest absolute Gasteiger partial charge is 0.274 e. The van der Waals surface area contributed by atoms with Crippen LogP contribution in [0.25, 0.3) is 11.4 Å². The van der Waals surface area contributed by atoms with Crippen LogP contribution in [0.3, 0.4) is 0 Å². The summed E-state index contributed by atoms with van der Waals surface area (Å²) in [6, 6.07) is 13.7. The van der Waals surface area contributed by atoms with E-state index in [4.69, 9.17) is 0 Å². The maximum absolute atomic E-state index is 12.6. The first kappa shape index (κ1) is 13.2. The summed E-state index contributed by atoms with van der Waals surface area (Å²) in [5.41, 5.74) is 1.99. The van der Waals surface area contributed by atoms with Crippen LogP contribution in [-0.4, -0.2) is 25.7 Å². The van der Waals surface area contributed by atoms with E-state index in [9.17, 15) is 4.79 Å². The molecule has 5 nitrogen and oxygen atoms in total. The van der Waals surface area contributed by atoms with Crippen LogP contribution in [0, 0.1) is 0 Å². The molecular formula is C16H12N4OS. The van der Waals surface area contributed by atoms with E-state index in [0.717, 1.165) is 11.1 Å². The van der Waals surface area contributed by atoms with Gasteiger partial charge < -0.3 is 0 Å². The number of rotatable bonds is 2. The number of carbonyl (C=O) groups excluding carboxylic acids is 1. The molecule has 0 aliphatic carbocycles. The lowest BCUT2D eigenvalue weighted by molar-refractivity contribution is 0.0888. The molecule has 0 radical (unpaired) electrons. The van der Waals surface area contributed by atoms with Crippen LogP contribution in [-0.2, 0) is 0 Å². The molecule has 3 aromatic rings. The average molecular weight is 308 g/mol. The lowest BCUT2D eigenvalue weighted by Gasteiger charge is -2.21. The normalized spacial score (nSPS) is 17.3. The van der Waals surface area contributed by atoms with Crippen LogP contribution in [0.2, 0.25) is 0 Å². The zero-order chi connectivity index (χ0) is 14.9. The molecule has 0 spiro atoms. The molecule has 1 atom stereocenters. The van der Waals surface area contributed by atoms with E-state index in [-0.39, 0.29) is 11.2 Å². The van der Waals surface area contributed by atoms with Crippen molar-refractivity contribution in [1.82, 2.24) is 19.7 Å². The van der Waals surface area contributed by atoms with Gasteiger partial charge in [0.05, 0.1) is 0 Å². The predicted molar refractivity (Wildman–Crippen MR) is 83.5 cm³/mol. The first-order valence-electron chi connectivity index (χ1n) is 6.93. The Hall–Kier alpha value is -2.47. The molecule has 4 rings (SSSR count). The van der Waals surface area contributed by atoms with Gasteiger partial charge in [0.25, 0.3) is 0 Å². The molecule has 22 heavy (non-hydrogen) atoms. The summed E-state index contributed by atoms with van der Waals surface area (Å²) in [6.45, 7) is 0. The van der Waals surface area contributed by atoms with Gasteiger partial charge in [0.2, 0.25) is 5.91 Å². The fourth-order valence-electron chi connectivity index (χ4n) is 2.53. The van der Waals surface area contributed by atoms with Crippen molar-refractivity contribution in [2.75, 3.05) is 0 Å². The lowest BCUT2D eigenvalue weighted by Crippen LogP contribution is -2.20. The monoisotopic (exact) mass is 308 g/mol. The Morgan fingerprint density at radius 2 is 1.82 bits per heavy atom. The van der Waals surface area contributed by atoms with E-state index in [2.05, 4.69) is 15.2 Å². The van der Waals surface area contributed by atoms with Crippen LogP contribution in [0.5, 0.6) is 0 Å². The van der Waals surface area contributed by atoms with Crippen LogP contribution >= 0.6 is 11.8 Å². The van der Waals surface area contributed by atoms with Gasteiger partial charge in [-0.25, -0.2) is 4.57 Å². The molecule has 1 aliphatic rings. The van der Waals surface area contributed by atoms with Crippen molar-refractivity contribution in [3.05, 3.63) is 60.4 Å². The number of nitrogens with zero attached hydrogens (tertiary/aromatic N) is 4. The molecule has 0 saturated heterocycles. The highest BCUT2D eigenvalue weighted by molar-refractivity contribution is 7.99. The summed E-state index contributed by atoms with van der Waals surface area (Å²) in [4.78, 5) is 16.6. The van der Waals surface area contributed by atoms with Gasteiger partial charge in [0, 0.05) is 29.6 Å². The first-order valence-corrected chi connectivity index (χ1v) is 7.81. The van der Waals surface area contributed by atoms with E-state index in [1.54, 1.807) is 28.7 Å². The zero-order valence-corrected chi connectivity index (χ0v) is 12.4. The van der Waals surface area contributed by atoms with Gasteiger partial charge in [-0.3, -0.25) is 9.78 Å². The van der Waals surface area contributed by atoms with E-state index < -0.39 is 0 Å². The maximum atomic E-state index is 12.6. The van der Waals surface area contributed by atoms with E-state index >= 15 is 0 Å².